The minimum absolute atomic E-state index is 0.132. The van der Waals surface area contributed by atoms with Crippen molar-refractivity contribution < 1.29 is 9.53 Å². The van der Waals surface area contributed by atoms with E-state index >= 15 is 0 Å². The maximum Gasteiger partial charge on any atom is 0.337 e. The minimum Gasteiger partial charge on any atom is -0.465 e. The SMILES string of the molecule is COC(=O)c1cccc(-n2cccc2[C@H]2[C@@H](c3ccccn3)NC(=S)N2Cc2ccncc2)c1. The van der Waals surface area contributed by atoms with Crippen molar-refractivity contribution in [3.63, 3.8) is 0 Å². The number of methoxy groups -OCH3 is 1. The average molecular weight is 470 g/mol. The smallest absolute Gasteiger partial charge is 0.337 e. The highest BCUT2D eigenvalue weighted by atomic mass is 32.1. The third kappa shape index (κ3) is 4.15. The van der Waals surface area contributed by atoms with E-state index in [9.17, 15) is 4.79 Å². The van der Waals surface area contributed by atoms with E-state index in [0.29, 0.717) is 17.2 Å². The molecular weight excluding hydrogens is 446 g/mol. The molecule has 7 nitrogen and oxygen atoms in total. The number of benzene rings is 1. The Morgan fingerprint density at radius 1 is 1.06 bits per heavy atom. The Hall–Kier alpha value is -4.04. The van der Waals surface area contributed by atoms with Crippen molar-refractivity contribution in [3.05, 3.63) is 114 Å². The molecular formula is C26H23N5O2S. The molecule has 1 aromatic carbocycles. The van der Waals surface area contributed by atoms with Crippen LogP contribution in [0.15, 0.2) is 91.5 Å². The van der Waals surface area contributed by atoms with Gasteiger partial charge in [0, 0.05) is 42.7 Å². The Labute approximate surface area is 203 Å². The Balaban J connectivity index is 1.59. The lowest BCUT2D eigenvalue weighted by molar-refractivity contribution is 0.0600. The predicted octanol–water partition coefficient (Wildman–Crippen LogP) is 4.23. The van der Waals surface area contributed by atoms with Crippen LogP contribution in [0.3, 0.4) is 0 Å². The van der Waals surface area contributed by atoms with E-state index in [0.717, 1.165) is 22.6 Å². The number of carbonyl (C=O) groups is 1. The van der Waals surface area contributed by atoms with Gasteiger partial charge in [0.05, 0.1) is 30.5 Å². The van der Waals surface area contributed by atoms with E-state index in [4.69, 9.17) is 17.0 Å². The molecule has 0 radical (unpaired) electrons. The summed E-state index contributed by atoms with van der Waals surface area (Å²) < 4.78 is 7.00. The standard InChI is InChI=1S/C26H23N5O2S/c1-33-25(32)19-6-4-7-20(16-19)30-15-5-9-22(30)24-23(21-8-2-3-12-28-21)29-26(34)31(24)17-18-10-13-27-14-11-18/h2-16,23-24H,17H2,1H3,(H,29,34)/t23-,24+/m1/s1. The highest BCUT2D eigenvalue weighted by Gasteiger charge is 2.41. The molecule has 8 heteroatoms. The molecule has 2 atom stereocenters. The molecule has 1 aliphatic rings. The molecule has 1 saturated heterocycles. The fraction of sp³-hybridized carbons (Fsp3) is 0.154. The van der Waals surface area contributed by atoms with Crippen LogP contribution < -0.4 is 5.32 Å². The molecule has 34 heavy (non-hydrogen) atoms. The number of pyridine rings is 2. The summed E-state index contributed by atoms with van der Waals surface area (Å²) in [6, 6.07) is 21.1. The maximum atomic E-state index is 12.1. The molecule has 0 unspecified atom stereocenters. The molecule has 0 aliphatic carbocycles. The van der Waals surface area contributed by atoms with Gasteiger partial charge in [-0.2, -0.15) is 0 Å². The largest absolute Gasteiger partial charge is 0.465 e. The first-order chi connectivity index (χ1) is 16.7. The van der Waals surface area contributed by atoms with Crippen LogP contribution >= 0.6 is 12.2 Å². The van der Waals surface area contributed by atoms with Crippen LogP contribution in [-0.4, -0.2) is 37.6 Å². The Kier molecular flexibility index (Phi) is 6.05. The van der Waals surface area contributed by atoms with Gasteiger partial charge in [0.1, 0.15) is 0 Å². The van der Waals surface area contributed by atoms with Gasteiger partial charge in [0.15, 0.2) is 5.11 Å². The number of esters is 1. The van der Waals surface area contributed by atoms with Gasteiger partial charge in [-0.25, -0.2) is 4.79 Å². The van der Waals surface area contributed by atoms with Gasteiger partial charge in [-0.15, -0.1) is 0 Å². The summed E-state index contributed by atoms with van der Waals surface area (Å²) in [6.45, 7) is 0.621. The van der Waals surface area contributed by atoms with Crippen molar-refractivity contribution in [1.29, 1.82) is 0 Å². The molecule has 0 amide bonds. The number of carbonyl (C=O) groups excluding carboxylic acids is 1. The molecule has 0 saturated carbocycles. The van der Waals surface area contributed by atoms with Gasteiger partial charge >= 0.3 is 5.97 Å². The number of ether oxygens (including phenoxy) is 1. The number of nitrogens with one attached hydrogen (secondary N) is 1. The summed E-state index contributed by atoms with van der Waals surface area (Å²) in [5, 5.41) is 4.15. The van der Waals surface area contributed by atoms with Crippen molar-refractivity contribution in [3.8, 4) is 5.69 Å². The zero-order valence-corrected chi connectivity index (χ0v) is 19.4. The van der Waals surface area contributed by atoms with Crippen LogP contribution in [0.25, 0.3) is 5.69 Å². The lowest BCUT2D eigenvalue weighted by Gasteiger charge is -2.29. The molecule has 0 spiro atoms. The van der Waals surface area contributed by atoms with Crippen LogP contribution in [0.4, 0.5) is 0 Å². The van der Waals surface area contributed by atoms with Gasteiger partial charge in [-0.3, -0.25) is 9.97 Å². The second-order valence-electron chi connectivity index (χ2n) is 7.95. The van der Waals surface area contributed by atoms with Gasteiger partial charge < -0.3 is 19.5 Å². The minimum atomic E-state index is -0.370. The molecule has 1 fully saturated rings. The highest BCUT2D eigenvalue weighted by Crippen LogP contribution is 2.40. The second kappa shape index (κ2) is 9.44. The maximum absolute atomic E-state index is 12.1. The molecule has 1 N–H and O–H groups in total. The quantitative estimate of drug-likeness (QED) is 0.335. The van der Waals surface area contributed by atoms with Crippen molar-refractivity contribution in [2.24, 2.45) is 0 Å². The van der Waals surface area contributed by atoms with E-state index in [-0.39, 0.29) is 18.1 Å². The summed E-state index contributed by atoms with van der Waals surface area (Å²) >= 11 is 5.80. The number of hydrogen-bond donors (Lipinski definition) is 1. The van der Waals surface area contributed by atoms with Gasteiger partial charge in [0.2, 0.25) is 0 Å². The van der Waals surface area contributed by atoms with E-state index < -0.39 is 0 Å². The summed E-state index contributed by atoms with van der Waals surface area (Å²) in [7, 11) is 1.38. The fourth-order valence-electron chi connectivity index (χ4n) is 4.35. The van der Waals surface area contributed by atoms with Gasteiger partial charge in [-0.05, 0) is 72.4 Å². The molecule has 3 aromatic heterocycles. The molecule has 1 aliphatic heterocycles. The Morgan fingerprint density at radius 3 is 2.68 bits per heavy atom. The Morgan fingerprint density at radius 2 is 1.91 bits per heavy atom. The highest BCUT2D eigenvalue weighted by molar-refractivity contribution is 7.80. The Bertz CT molecular complexity index is 1310. The number of thiocarbonyl (C=S) groups is 1. The lowest BCUT2D eigenvalue weighted by atomic mass is 10.0. The summed E-state index contributed by atoms with van der Waals surface area (Å²) in [5.41, 5.74) is 4.40. The molecule has 4 heterocycles. The van der Waals surface area contributed by atoms with Crippen LogP contribution in [-0.2, 0) is 11.3 Å². The van der Waals surface area contributed by atoms with Crippen LogP contribution in [0.1, 0.15) is 39.4 Å². The predicted molar refractivity (Wildman–Crippen MR) is 132 cm³/mol. The third-order valence-electron chi connectivity index (χ3n) is 5.93. The first-order valence-electron chi connectivity index (χ1n) is 10.9. The second-order valence-corrected chi connectivity index (χ2v) is 8.34. The molecule has 5 rings (SSSR count). The van der Waals surface area contributed by atoms with Crippen LogP contribution in [0, 0.1) is 0 Å². The van der Waals surface area contributed by atoms with Crippen molar-refractivity contribution in [1.82, 2.24) is 24.8 Å². The summed E-state index contributed by atoms with van der Waals surface area (Å²) in [6.07, 6.45) is 7.36. The van der Waals surface area contributed by atoms with E-state index in [1.165, 1.54) is 7.11 Å². The molecule has 0 bridgehead atoms. The normalized spacial score (nSPS) is 17.4. The van der Waals surface area contributed by atoms with Crippen LogP contribution in [0.5, 0.6) is 0 Å². The van der Waals surface area contributed by atoms with Crippen LogP contribution in [0.2, 0.25) is 0 Å². The van der Waals surface area contributed by atoms with Gasteiger partial charge in [0.25, 0.3) is 0 Å². The van der Waals surface area contributed by atoms with Crippen molar-refractivity contribution in [2.75, 3.05) is 7.11 Å². The first kappa shape index (κ1) is 21.8. The average Bonchev–Trinajstić information content (AvgIpc) is 3.49. The number of aromatic nitrogens is 3. The monoisotopic (exact) mass is 469 g/mol. The summed E-state index contributed by atoms with van der Waals surface area (Å²) in [5.74, 6) is -0.370. The van der Waals surface area contributed by atoms with Crippen molar-refractivity contribution in [2.45, 2.75) is 18.6 Å². The molecule has 4 aromatic rings. The summed E-state index contributed by atoms with van der Waals surface area (Å²) in [4.78, 5) is 23.1. The molecule has 170 valence electrons. The van der Waals surface area contributed by atoms with E-state index in [1.54, 1.807) is 24.7 Å². The number of hydrogen-bond acceptors (Lipinski definition) is 5. The third-order valence-corrected chi connectivity index (χ3v) is 6.28. The fourth-order valence-corrected chi connectivity index (χ4v) is 4.66. The zero-order valence-electron chi connectivity index (χ0n) is 18.5. The van der Waals surface area contributed by atoms with E-state index in [2.05, 4.69) is 30.8 Å². The van der Waals surface area contributed by atoms with Crippen molar-refractivity contribution >= 4 is 23.3 Å². The first-order valence-corrected chi connectivity index (χ1v) is 11.3. The zero-order chi connectivity index (χ0) is 23.5. The van der Waals surface area contributed by atoms with Gasteiger partial charge in [-0.1, -0.05) is 12.1 Å². The number of nitrogens with zero attached hydrogens (tertiary/aromatic N) is 4. The number of rotatable bonds is 6. The van der Waals surface area contributed by atoms with E-state index in [1.807, 2.05) is 60.8 Å². The lowest BCUT2D eigenvalue weighted by Crippen LogP contribution is -2.30. The topological polar surface area (TPSA) is 72.3 Å².